The van der Waals surface area contributed by atoms with Crippen LogP contribution in [0.3, 0.4) is 0 Å². The van der Waals surface area contributed by atoms with E-state index in [1.165, 1.54) is 199 Å². The normalized spacial score (nSPS) is 13.0. The van der Waals surface area contributed by atoms with Gasteiger partial charge in [-0.1, -0.05) is 236 Å². The highest BCUT2D eigenvalue weighted by molar-refractivity contribution is 5.76. The van der Waals surface area contributed by atoms with Crippen LogP contribution < -0.4 is 5.32 Å². The van der Waals surface area contributed by atoms with E-state index in [-0.39, 0.29) is 18.5 Å². The number of nitrogens with one attached hydrogen (secondary N) is 1. The summed E-state index contributed by atoms with van der Waals surface area (Å²) in [5.41, 5.74) is 0. The van der Waals surface area contributed by atoms with Gasteiger partial charge in [0.05, 0.1) is 25.4 Å². The van der Waals surface area contributed by atoms with Crippen LogP contribution in [0.15, 0.2) is 48.6 Å². The lowest BCUT2D eigenvalue weighted by Gasteiger charge is -2.20. The molecule has 0 heterocycles. The van der Waals surface area contributed by atoms with Crippen molar-refractivity contribution in [3.63, 3.8) is 0 Å². The predicted octanol–water partition coefficient (Wildman–Crippen LogP) is 16.6. The highest BCUT2D eigenvalue weighted by atomic mass is 16.5. The number of ether oxygens (including phenoxy) is 1. The summed E-state index contributed by atoms with van der Waals surface area (Å²) in [7, 11) is 0. The van der Waals surface area contributed by atoms with Gasteiger partial charge >= 0.3 is 5.97 Å². The highest BCUT2D eigenvalue weighted by Crippen LogP contribution is 2.16. The number of allylic oxidation sites excluding steroid dienone is 6. The Labute approximate surface area is 391 Å². The van der Waals surface area contributed by atoms with Crippen LogP contribution in [-0.2, 0) is 14.3 Å². The van der Waals surface area contributed by atoms with E-state index in [0.717, 1.165) is 51.4 Å². The number of esters is 1. The molecule has 6 heteroatoms. The number of carbonyl (C=O) groups excluding carboxylic acids is 2. The summed E-state index contributed by atoms with van der Waals surface area (Å²) < 4.78 is 5.39. The summed E-state index contributed by atoms with van der Waals surface area (Å²) in [6.45, 7) is 4.75. The molecule has 1 amide bonds. The molecule has 0 fully saturated rings. The molecule has 0 bridgehead atoms. The SMILES string of the molecule is CCCCC/C=C\CCCCCCCC(=O)OCC/C=C\C/C=C\CCCCCCCCCCCCCCCCC(=O)NC(CO)C(O)/C=C/CCCCCCCCCCCCC. The summed E-state index contributed by atoms with van der Waals surface area (Å²) in [6.07, 6.45) is 65.7. The van der Waals surface area contributed by atoms with E-state index < -0.39 is 12.1 Å². The summed E-state index contributed by atoms with van der Waals surface area (Å²) >= 11 is 0. The van der Waals surface area contributed by atoms with Gasteiger partial charge in [-0.15, -0.1) is 0 Å². The molecule has 368 valence electrons. The molecule has 63 heavy (non-hydrogen) atoms. The van der Waals surface area contributed by atoms with Gasteiger partial charge in [0.15, 0.2) is 0 Å². The number of rotatable bonds is 50. The van der Waals surface area contributed by atoms with E-state index in [9.17, 15) is 19.8 Å². The molecule has 0 rings (SSSR count). The molecule has 0 aliphatic rings. The van der Waals surface area contributed by atoms with Crippen molar-refractivity contribution >= 4 is 11.9 Å². The van der Waals surface area contributed by atoms with Crippen LogP contribution in [0.1, 0.15) is 277 Å². The van der Waals surface area contributed by atoms with Gasteiger partial charge in [-0.3, -0.25) is 9.59 Å². The Balaban J connectivity index is 3.49. The molecule has 0 saturated carbocycles. The van der Waals surface area contributed by atoms with Crippen molar-refractivity contribution in [1.29, 1.82) is 0 Å². The maximum atomic E-state index is 12.4. The van der Waals surface area contributed by atoms with Gasteiger partial charge in [-0.2, -0.15) is 0 Å². The second-order valence-corrected chi connectivity index (χ2v) is 18.5. The Morgan fingerprint density at radius 1 is 0.444 bits per heavy atom. The van der Waals surface area contributed by atoms with Crippen LogP contribution in [0.2, 0.25) is 0 Å². The standard InChI is InChI=1S/C57H105NO5/c1-3-5-7-9-11-13-15-26-29-33-37-41-45-49-55(60)54(53-59)58-56(61)50-46-42-38-34-30-27-24-22-20-18-17-19-21-23-25-28-32-36-40-44-48-52-63-57(62)51-47-43-39-35-31-16-14-12-10-8-6-4-2/h12,14,28,32,40,44-45,49,54-55,59-60H,3-11,13,15-27,29-31,33-39,41-43,46-48,50-53H2,1-2H3,(H,58,61)/b14-12-,32-28-,44-40-,49-45+. The molecule has 2 unspecified atom stereocenters. The summed E-state index contributed by atoms with van der Waals surface area (Å²) in [5.74, 6) is -0.121. The molecule has 0 saturated heterocycles. The van der Waals surface area contributed by atoms with Crippen LogP contribution in [-0.4, -0.2) is 47.4 Å². The third-order valence-corrected chi connectivity index (χ3v) is 12.3. The third-order valence-electron chi connectivity index (χ3n) is 12.3. The zero-order chi connectivity index (χ0) is 45.8. The maximum absolute atomic E-state index is 12.4. The first-order valence-corrected chi connectivity index (χ1v) is 27.4. The van der Waals surface area contributed by atoms with Crippen molar-refractivity contribution in [1.82, 2.24) is 5.32 Å². The molecule has 0 radical (unpaired) electrons. The average Bonchev–Trinajstić information content (AvgIpc) is 3.28. The lowest BCUT2D eigenvalue weighted by molar-refractivity contribution is -0.143. The molecule has 0 spiro atoms. The molecule has 2 atom stereocenters. The van der Waals surface area contributed by atoms with Gasteiger partial charge in [0, 0.05) is 12.8 Å². The fourth-order valence-electron chi connectivity index (χ4n) is 8.11. The first-order valence-electron chi connectivity index (χ1n) is 27.4. The fraction of sp³-hybridized carbons (Fsp3) is 0.825. The lowest BCUT2D eigenvalue weighted by atomic mass is 10.0. The van der Waals surface area contributed by atoms with Crippen molar-refractivity contribution in [2.75, 3.05) is 13.2 Å². The summed E-state index contributed by atoms with van der Waals surface area (Å²) in [4.78, 5) is 24.4. The van der Waals surface area contributed by atoms with Gasteiger partial charge in [-0.25, -0.2) is 0 Å². The number of aliphatic hydroxyl groups is 2. The zero-order valence-corrected chi connectivity index (χ0v) is 41.8. The topological polar surface area (TPSA) is 95.9 Å². The highest BCUT2D eigenvalue weighted by Gasteiger charge is 2.18. The Hall–Kier alpha value is -2.18. The molecule has 0 aromatic carbocycles. The average molecular weight is 884 g/mol. The van der Waals surface area contributed by atoms with E-state index >= 15 is 0 Å². The van der Waals surface area contributed by atoms with E-state index in [4.69, 9.17) is 4.74 Å². The number of carbonyl (C=O) groups is 2. The molecule has 0 aromatic rings. The maximum Gasteiger partial charge on any atom is 0.305 e. The Bertz CT molecular complexity index is 1070. The van der Waals surface area contributed by atoms with Gasteiger partial charge in [0.25, 0.3) is 0 Å². The molecule has 0 aliphatic carbocycles. The zero-order valence-electron chi connectivity index (χ0n) is 41.8. The molecular weight excluding hydrogens is 779 g/mol. The number of amides is 1. The Morgan fingerprint density at radius 3 is 1.25 bits per heavy atom. The van der Waals surface area contributed by atoms with Crippen molar-refractivity contribution in [3.8, 4) is 0 Å². The van der Waals surface area contributed by atoms with Crippen LogP contribution in [0.5, 0.6) is 0 Å². The third kappa shape index (κ3) is 49.1. The number of unbranched alkanes of at least 4 members (excludes halogenated alkanes) is 33. The smallest absolute Gasteiger partial charge is 0.305 e. The van der Waals surface area contributed by atoms with Crippen LogP contribution >= 0.6 is 0 Å². The van der Waals surface area contributed by atoms with Crippen molar-refractivity contribution in [3.05, 3.63) is 48.6 Å². The van der Waals surface area contributed by atoms with Crippen LogP contribution in [0.25, 0.3) is 0 Å². The molecular formula is C57H105NO5. The van der Waals surface area contributed by atoms with Crippen molar-refractivity contribution < 1.29 is 24.5 Å². The van der Waals surface area contributed by atoms with E-state index in [2.05, 4.69) is 55.6 Å². The van der Waals surface area contributed by atoms with E-state index in [1.54, 1.807) is 6.08 Å². The number of aliphatic hydroxyl groups excluding tert-OH is 2. The molecule has 0 aliphatic heterocycles. The Kier molecular flexibility index (Phi) is 50.6. The second kappa shape index (κ2) is 52.4. The quantitative estimate of drug-likeness (QED) is 0.0321. The largest absolute Gasteiger partial charge is 0.465 e. The van der Waals surface area contributed by atoms with Crippen LogP contribution in [0.4, 0.5) is 0 Å². The first-order chi connectivity index (χ1) is 31.0. The first kappa shape index (κ1) is 60.8. The van der Waals surface area contributed by atoms with Gasteiger partial charge in [-0.05, 0) is 77.0 Å². The van der Waals surface area contributed by atoms with E-state index in [1.807, 2.05) is 6.08 Å². The van der Waals surface area contributed by atoms with Crippen molar-refractivity contribution in [2.45, 2.75) is 289 Å². The lowest BCUT2D eigenvalue weighted by Crippen LogP contribution is -2.45. The van der Waals surface area contributed by atoms with Gasteiger partial charge in [0.1, 0.15) is 0 Å². The van der Waals surface area contributed by atoms with Crippen LogP contribution in [0, 0.1) is 0 Å². The molecule has 0 aromatic heterocycles. The summed E-state index contributed by atoms with van der Waals surface area (Å²) in [6, 6.07) is -0.631. The monoisotopic (exact) mass is 884 g/mol. The Morgan fingerprint density at radius 2 is 0.794 bits per heavy atom. The predicted molar refractivity (Wildman–Crippen MR) is 273 cm³/mol. The number of hydrogen-bond donors (Lipinski definition) is 3. The second-order valence-electron chi connectivity index (χ2n) is 18.5. The molecule has 6 nitrogen and oxygen atoms in total. The van der Waals surface area contributed by atoms with Gasteiger partial charge in [0.2, 0.25) is 5.91 Å². The number of hydrogen-bond acceptors (Lipinski definition) is 5. The minimum atomic E-state index is -0.847. The van der Waals surface area contributed by atoms with E-state index in [0.29, 0.717) is 19.4 Å². The van der Waals surface area contributed by atoms with Crippen molar-refractivity contribution in [2.24, 2.45) is 0 Å². The summed E-state index contributed by atoms with van der Waals surface area (Å²) in [5, 5.41) is 23.0. The molecule has 3 N–H and O–H groups in total. The minimum absolute atomic E-state index is 0.0467. The fourth-order valence-corrected chi connectivity index (χ4v) is 8.11. The van der Waals surface area contributed by atoms with Gasteiger partial charge < -0.3 is 20.3 Å². The minimum Gasteiger partial charge on any atom is -0.465 e.